The van der Waals surface area contributed by atoms with Crippen LogP contribution in [0.4, 0.5) is 0 Å². The van der Waals surface area contributed by atoms with Crippen LogP contribution in [-0.2, 0) is 10.5 Å². The van der Waals surface area contributed by atoms with Crippen molar-refractivity contribution in [1.29, 1.82) is 0 Å². The van der Waals surface area contributed by atoms with Gasteiger partial charge in [-0.15, -0.1) is 23.1 Å². The third kappa shape index (κ3) is 6.54. The van der Waals surface area contributed by atoms with Crippen LogP contribution >= 0.6 is 23.1 Å². The van der Waals surface area contributed by atoms with Crippen molar-refractivity contribution >= 4 is 34.6 Å². The number of rotatable bonds is 9. The Morgan fingerprint density at radius 3 is 2.76 bits per heavy atom. The molecule has 6 heteroatoms. The van der Waals surface area contributed by atoms with Crippen LogP contribution < -0.4 is 5.32 Å². The van der Waals surface area contributed by atoms with Crippen LogP contribution in [0.2, 0.25) is 0 Å². The Morgan fingerprint density at radius 1 is 1.08 bits per heavy atom. The molecule has 37 heavy (non-hydrogen) atoms. The minimum Gasteiger partial charge on any atom is -0.356 e. The molecule has 2 aromatic heterocycles. The zero-order valence-electron chi connectivity index (χ0n) is 21.7. The third-order valence-electron chi connectivity index (χ3n) is 7.66. The lowest BCUT2D eigenvalue weighted by Gasteiger charge is -2.30. The molecular weight excluding hydrogens is 494 g/mol. The number of nitrogens with one attached hydrogen (secondary N) is 1. The summed E-state index contributed by atoms with van der Waals surface area (Å²) in [7, 11) is 0. The summed E-state index contributed by atoms with van der Waals surface area (Å²) in [5.74, 6) is 1.46. The number of unbranched alkanes of at least 4 members (excludes halogenated alkanes) is 1. The number of nitrogens with zero attached hydrogens (tertiary/aromatic N) is 2. The first-order valence-electron chi connectivity index (χ1n) is 13.6. The van der Waals surface area contributed by atoms with Gasteiger partial charge in [0.1, 0.15) is 0 Å². The standard InChI is InChI=1S/C31H37N3OS2/c1-2-23(25-9-7-14-32-21-25)20-29(35)33-15-5-6-16-34-17-11-24(12-18-34)30-27-10-4-3-8-26(27)22-37-31-28(30)13-19-36-31/h3-4,7-10,13-14,19,21,23H,2,5-6,11-12,15-18,20,22H2,1H3,(H,33,35). The zero-order chi connectivity index (χ0) is 25.5. The zero-order valence-corrected chi connectivity index (χ0v) is 23.4. The van der Waals surface area contributed by atoms with Crippen molar-refractivity contribution in [1.82, 2.24) is 15.2 Å². The topological polar surface area (TPSA) is 45.2 Å². The molecule has 1 unspecified atom stereocenters. The van der Waals surface area contributed by atoms with Crippen LogP contribution in [0.25, 0.3) is 5.57 Å². The molecule has 4 nitrogen and oxygen atoms in total. The van der Waals surface area contributed by atoms with Crippen molar-refractivity contribution in [2.45, 2.75) is 61.3 Å². The number of piperidine rings is 1. The largest absolute Gasteiger partial charge is 0.356 e. The Labute approximate surface area is 229 Å². The van der Waals surface area contributed by atoms with Crippen molar-refractivity contribution in [3.05, 3.63) is 88.1 Å². The van der Waals surface area contributed by atoms with E-state index in [4.69, 9.17) is 0 Å². The number of likely N-dealkylation sites (tertiary alicyclic amines) is 1. The second kappa shape index (κ2) is 12.9. The maximum absolute atomic E-state index is 12.5. The van der Waals surface area contributed by atoms with E-state index in [1.165, 1.54) is 26.5 Å². The summed E-state index contributed by atoms with van der Waals surface area (Å²) in [6.07, 6.45) is 9.60. The van der Waals surface area contributed by atoms with Crippen LogP contribution in [0.5, 0.6) is 0 Å². The molecule has 1 N–H and O–H groups in total. The molecule has 5 rings (SSSR count). The second-order valence-electron chi connectivity index (χ2n) is 10.0. The Kier molecular flexibility index (Phi) is 9.14. The number of aromatic nitrogens is 1. The lowest BCUT2D eigenvalue weighted by molar-refractivity contribution is -0.121. The lowest BCUT2D eigenvalue weighted by atomic mass is 9.87. The lowest BCUT2D eigenvalue weighted by Crippen LogP contribution is -2.32. The van der Waals surface area contributed by atoms with Gasteiger partial charge in [-0.2, -0.15) is 0 Å². The maximum atomic E-state index is 12.5. The van der Waals surface area contributed by atoms with Crippen molar-refractivity contribution in [2.24, 2.45) is 0 Å². The molecule has 0 saturated carbocycles. The molecule has 1 saturated heterocycles. The van der Waals surface area contributed by atoms with Crippen molar-refractivity contribution < 1.29 is 4.79 Å². The summed E-state index contributed by atoms with van der Waals surface area (Å²) in [5.41, 5.74) is 8.65. The highest BCUT2D eigenvalue weighted by molar-refractivity contribution is 8.00. The monoisotopic (exact) mass is 531 g/mol. The predicted molar refractivity (Wildman–Crippen MR) is 156 cm³/mol. The van der Waals surface area contributed by atoms with E-state index >= 15 is 0 Å². The first-order chi connectivity index (χ1) is 18.2. The van der Waals surface area contributed by atoms with Gasteiger partial charge in [0.05, 0.1) is 4.21 Å². The molecule has 3 aromatic rings. The summed E-state index contributed by atoms with van der Waals surface area (Å²) in [6, 6.07) is 15.3. The molecule has 4 heterocycles. The summed E-state index contributed by atoms with van der Waals surface area (Å²) in [4.78, 5) is 19.3. The highest BCUT2D eigenvalue weighted by atomic mass is 32.2. The van der Waals surface area contributed by atoms with E-state index in [1.807, 2.05) is 35.4 Å². The van der Waals surface area contributed by atoms with E-state index < -0.39 is 0 Å². The number of pyridine rings is 1. The molecule has 194 valence electrons. The van der Waals surface area contributed by atoms with E-state index in [9.17, 15) is 4.79 Å². The molecule has 0 aliphatic carbocycles. The third-order valence-corrected chi connectivity index (χ3v) is 9.95. The number of carbonyl (C=O) groups excluding carboxylic acids is 1. The van der Waals surface area contributed by atoms with Gasteiger partial charge in [-0.3, -0.25) is 9.78 Å². The van der Waals surface area contributed by atoms with E-state index in [0.717, 1.165) is 69.6 Å². The van der Waals surface area contributed by atoms with Gasteiger partial charge in [0.15, 0.2) is 0 Å². The molecular formula is C31H37N3OS2. The van der Waals surface area contributed by atoms with Crippen molar-refractivity contribution in [3.63, 3.8) is 0 Å². The Morgan fingerprint density at radius 2 is 1.95 bits per heavy atom. The first-order valence-corrected chi connectivity index (χ1v) is 15.5. The molecule has 2 aliphatic rings. The van der Waals surface area contributed by atoms with Gasteiger partial charge < -0.3 is 10.2 Å². The van der Waals surface area contributed by atoms with E-state index in [1.54, 1.807) is 11.8 Å². The maximum Gasteiger partial charge on any atom is 0.220 e. The number of hydrogen-bond acceptors (Lipinski definition) is 5. The summed E-state index contributed by atoms with van der Waals surface area (Å²) in [5, 5.41) is 5.39. The average molecular weight is 532 g/mol. The minimum atomic E-state index is 0.152. The SMILES string of the molecule is CCC(CC(=O)NCCCCN1CCC(=C2c3ccccc3CSc3sccc32)CC1)c1cccnc1. The van der Waals surface area contributed by atoms with E-state index in [2.05, 4.69) is 63.9 Å². The van der Waals surface area contributed by atoms with Crippen LogP contribution in [0.15, 0.2) is 70.0 Å². The van der Waals surface area contributed by atoms with Gasteiger partial charge in [-0.1, -0.05) is 42.8 Å². The van der Waals surface area contributed by atoms with Crippen molar-refractivity contribution in [2.75, 3.05) is 26.2 Å². The van der Waals surface area contributed by atoms with Gasteiger partial charge in [-0.25, -0.2) is 0 Å². The molecule has 1 aromatic carbocycles. The molecule has 1 fully saturated rings. The van der Waals surface area contributed by atoms with Crippen LogP contribution in [0.1, 0.15) is 73.6 Å². The van der Waals surface area contributed by atoms with Gasteiger partial charge >= 0.3 is 0 Å². The fraction of sp³-hybridized carbons (Fsp3) is 0.419. The fourth-order valence-corrected chi connectivity index (χ4v) is 7.65. The van der Waals surface area contributed by atoms with E-state index in [-0.39, 0.29) is 11.8 Å². The smallest absolute Gasteiger partial charge is 0.220 e. The molecule has 1 atom stereocenters. The Hall–Kier alpha value is -2.41. The van der Waals surface area contributed by atoms with Gasteiger partial charge in [0, 0.05) is 49.8 Å². The number of benzene rings is 1. The molecule has 2 aliphatic heterocycles. The first kappa shape index (κ1) is 26.2. The predicted octanol–water partition coefficient (Wildman–Crippen LogP) is 7.13. The molecule has 0 bridgehead atoms. The second-order valence-corrected chi connectivity index (χ2v) is 12.2. The van der Waals surface area contributed by atoms with Crippen molar-refractivity contribution in [3.8, 4) is 0 Å². The Bertz CT molecular complexity index is 1210. The summed E-state index contributed by atoms with van der Waals surface area (Å²) >= 11 is 3.87. The number of carbonyl (C=O) groups is 1. The number of thiophene rings is 1. The number of thioether (sulfide) groups is 1. The number of fused-ring (bicyclic) bond motifs is 2. The number of amides is 1. The summed E-state index contributed by atoms with van der Waals surface area (Å²) in [6.45, 7) is 6.27. The minimum absolute atomic E-state index is 0.152. The van der Waals surface area contributed by atoms with Crippen LogP contribution in [-0.4, -0.2) is 42.0 Å². The molecule has 0 radical (unpaired) electrons. The quantitative estimate of drug-likeness (QED) is 0.299. The van der Waals surface area contributed by atoms with Crippen LogP contribution in [0, 0.1) is 0 Å². The highest BCUT2D eigenvalue weighted by Crippen LogP contribution is 2.45. The van der Waals surface area contributed by atoms with Gasteiger partial charge in [-0.05, 0) is 84.3 Å². The molecule has 1 amide bonds. The molecule has 0 spiro atoms. The fourth-order valence-electron chi connectivity index (χ4n) is 5.55. The summed E-state index contributed by atoms with van der Waals surface area (Å²) < 4.78 is 1.47. The van der Waals surface area contributed by atoms with Crippen LogP contribution in [0.3, 0.4) is 0 Å². The highest BCUT2D eigenvalue weighted by Gasteiger charge is 2.24. The Balaban J connectivity index is 1.08. The van der Waals surface area contributed by atoms with Gasteiger partial charge in [0.2, 0.25) is 5.91 Å². The normalized spacial score (nSPS) is 16.6. The number of hydrogen-bond donors (Lipinski definition) is 1. The van der Waals surface area contributed by atoms with E-state index in [0.29, 0.717) is 6.42 Å². The average Bonchev–Trinajstić information content (AvgIpc) is 3.34. The van der Waals surface area contributed by atoms with Gasteiger partial charge in [0.25, 0.3) is 0 Å².